The molecule has 1 heterocycles. The van der Waals surface area contributed by atoms with Gasteiger partial charge in [0.15, 0.2) is 5.78 Å². The van der Waals surface area contributed by atoms with Gasteiger partial charge in [-0.25, -0.2) is 0 Å². The highest BCUT2D eigenvalue weighted by Crippen LogP contribution is 2.32. The minimum absolute atomic E-state index is 0.210. The van der Waals surface area contributed by atoms with Crippen molar-refractivity contribution in [3.63, 3.8) is 0 Å². The van der Waals surface area contributed by atoms with Crippen LogP contribution >= 0.6 is 0 Å². The van der Waals surface area contributed by atoms with Gasteiger partial charge < -0.3 is 9.73 Å². The molecule has 0 saturated heterocycles. The highest BCUT2D eigenvalue weighted by atomic mass is 19.4. The van der Waals surface area contributed by atoms with Gasteiger partial charge in [-0.1, -0.05) is 12.1 Å². The van der Waals surface area contributed by atoms with E-state index < -0.39 is 11.7 Å². The molecule has 1 N–H and O–H groups in total. The van der Waals surface area contributed by atoms with Crippen molar-refractivity contribution in [3.8, 4) is 11.3 Å². The summed E-state index contributed by atoms with van der Waals surface area (Å²) in [6.45, 7) is 1.39. The van der Waals surface area contributed by atoms with E-state index >= 15 is 0 Å². The molecular weight excluding hydrogens is 383 g/mol. The number of alkyl halides is 3. The lowest BCUT2D eigenvalue weighted by molar-refractivity contribution is -0.137. The molecule has 0 aliphatic carbocycles. The van der Waals surface area contributed by atoms with Gasteiger partial charge in [0.25, 0.3) is 0 Å². The van der Waals surface area contributed by atoms with E-state index in [1.807, 2.05) is 0 Å². The number of anilines is 1. The number of carbonyl (C=O) groups excluding carboxylic acids is 2. The van der Waals surface area contributed by atoms with Crippen LogP contribution in [0.2, 0.25) is 0 Å². The summed E-state index contributed by atoms with van der Waals surface area (Å²) in [4.78, 5) is 23.3. The monoisotopic (exact) mass is 399 g/mol. The molecule has 4 nitrogen and oxygen atoms in total. The average molecular weight is 399 g/mol. The number of carbonyl (C=O) groups is 2. The van der Waals surface area contributed by atoms with Crippen molar-refractivity contribution in [1.82, 2.24) is 0 Å². The fourth-order valence-electron chi connectivity index (χ4n) is 2.62. The van der Waals surface area contributed by atoms with Crippen LogP contribution in [0.5, 0.6) is 0 Å². The minimum atomic E-state index is -4.44. The van der Waals surface area contributed by atoms with Gasteiger partial charge in [-0.2, -0.15) is 13.2 Å². The third-order valence-electron chi connectivity index (χ3n) is 3.99. The fourth-order valence-corrected chi connectivity index (χ4v) is 2.62. The molecule has 7 heteroatoms. The van der Waals surface area contributed by atoms with Crippen LogP contribution in [0, 0.1) is 0 Å². The van der Waals surface area contributed by atoms with Crippen molar-refractivity contribution in [2.24, 2.45) is 0 Å². The Hall–Kier alpha value is -3.61. The van der Waals surface area contributed by atoms with Crippen LogP contribution in [-0.2, 0) is 11.0 Å². The Labute approximate surface area is 164 Å². The molecule has 0 fully saturated rings. The normalized spacial score (nSPS) is 11.6. The lowest BCUT2D eigenvalue weighted by Crippen LogP contribution is -2.05. The second kappa shape index (κ2) is 8.18. The quantitative estimate of drug-likeness (QED) is 0.434. The van der Waals surface area contributed by atoms with Crippen LogP contribution in [0.3, 0.4) is 0 Å². The van der Waals surface area contributed by atoms with E-state index in [1.165, 1.54) is 31.2 Å². The number of furan rings is 1. The number of benzene rings is 2. The summed E-state index contributed by atoms with van der Waals surface area (Å²) in [5, 5.41) is 2.61. The Morgan fingerprint density at radius 1 is 1.00 bits per heavy atom. The SMILES string of the molecule is CC(=O)Nc1ccc(C(=O)C=Cc2ccc(-c3cccc(C(F)(F)F)c3)o2)cc1. The molecule has 3 rings (SSSR count). The molecule has 0 atom stereocenters. The number of amides is 1. The zero-order valence-electron chi connectivity index (χ0n) is 15.3. The van der Waals surface area contributed by atoms with Crippen molar-refractivity contribution < 1.29 is 27.2 Å². The predicted octanol–water partition coefficient (Wildman–Crippen LogP) is 5.82. The predicted molar refractivity (Wildman–Crippen MR) is 103 cm³/mol. The van der Waals surface area contributed by atoms with Gasteiger partial charge in [-0.05, 0) is 60.7 Å². The van der Waals surface area contributed by atoms with E-state index in [0.29, 0.717) is 22.6 Å². The lowest BCUT2D eigenvalue weighted by Gasteiger charge is -2.07. The first-order chi connectivity index (χ1) is 13.7. The van der Waals surface area contributed by atoms with E-state index in [9.17, 15) is 22.8 Å². The Morgan fingerprint density at radius 2 is 1.72 bits per heavy atom. The van der Waals surface area contributed by atoms with Gasteiger partial charge in [-0.3, -0.25) is 9.59 Å². The minimum Gasteiger partial charge on any atom is -0.457 e. The van der Waals surface area contributed by atoms with E-state index in [0.717, 1.165) is 12.1 Å². The standard InChI is InChI=1S/C22H16F3NO3/c1-14(27)26-18-7-5-15(6-8-18)20(28)11-9-19-10-12-21(29-19)16-3-2-4-17(13-16)22(23,24)25/h2-13H,1H3,(H,26,27). The summed E-state index contributed by atoms with van der Waals surface area (Å²) in [6, 6.07) is 14.3. The maximum Gasteiger partial charge on any atom is 0.416 e. The van der Waals surface area contributed by atoms with Gasteiger partial charge >= 0.3 is 6.18 Å². The number of ketones is 1. The highest BCUT2D eigenvalue weighted by molar-refractivity contribution is 6.07. The third kappa shape index (κ3) is 5.22. The van der Waals surface area contributed by atoms with Crippen LogP contribution in [-0.4, -0.2) is 11.7 Å². The highest BCUT2D eigenvalue weighted by Gasteiger charge is 2.30. The van der Waals surface area contributed by atoms with Crippen LogP contribution in [0.25, 0.3) is 17.4 Å². The molecule has 0 aliphatic heterocycles. The number of hydrogen-bond donors (Lipinski definition) is 1. The summed E-state index contributed by atoms with van der Waals surface area (Å²) in [6.07, 6.45) is -1.68. The Bertz CT molecular complexity index is 1060. The van der Waals surface area contributed by atoms with Crippen molar-refractivity contribution in [3.05, 3.63) is 83.6 Å². The van der Waals surface area contributed by atoms with Gasteiger partial charge in [0.1, 0.15) is 11.5 Å². The number of hydrogen-bond acceptors (Lipinski definition) is 3. The first kappa shape index (κ1) is 20.1. The van der Waals surface area contributed by atoms with Crippen molar-refractivity contribution in [1.29, 1.82) is 0 Å². The maximum absolute atomic E-state index is 12.8. The molecule has 29 heavy (non-hydrogen) atoms. The Kier molecular flexibility index (Phi) is 5.68. The first-order valence-electron chi connectivity index (χ1n) is 8.60. The van der Waals surface area contributed by atoms with Crippen molar-refractivity contribution in [2.45, 2.75) is 13.1 Å². The fraction of sp³-hybridized carbons (Fsp3) is 0.0909. The number of allylic oxidation sites excluding steroid dienone is 1. The average Bonchev–Trinajstić information content (AvgIpc) is 3.15. The number of halogens is 3. The number of rotatable bonds is 5. The van der Waals surface area contributed by atoms with Gasteiger partial charge in [0, 0.05) is 23.7 Å². The van der Waals surface area contributed by atoms with E-state index in [4.69, 9.17) is 4.42 Å². The maximum atomic E-state index is 12.8. The largest absolute Gasteiger partial charge is 0.457 e. The van der Waals surface area contributed by atoms with Crippen LogP contribution in [0.15, 0.2) is 71.2 Å². The summed E-state index contributed by atoms with van der Waals surface area (Å²) in [5.41, 5.74) is 0.524. The summed E-state index contributed by atoms with van der Waals surface area (Å²) in [7, 11) is 0. The topological polar surface area (TPSA) is 59.3 Å². The second-order valence-corrected chi connectivity index (χ2v) is 6.24. The van der Waals surface area contributed by atoms with E-state index in [2.05, 4.69) is 5.32 Å². The first-order valence-corrected chi connectivity index (χ1v) is 8.60. The zero-order chi connectivity index (χ0) is 21.0. The lowest BCUT2D eigenvalue weighted by atomic mass is 10.1. The molecule has 0 radical (unpaired) electrons. The number of nitrogens with one attached hydrogen (secondary N) is 1. The summed E-state index contributed by atoms with van der Waals surface area (Å²) < 4.78 is 44.1. The summed E-state index contributed by atoms with van der Waals surface area (Å²) in [5.74, 6) is 0.109. The molecule has 148 valence electrons. The molecule has 1 aromatic heterocycles. The Balaban J connectivity index is 1.72. The molecule has 3 aromatic rings. The molecule has 0 aliphatic rings. The van der Waals surface area contributed by atoms with Crippen LogP contribution < -0.4 is 5.32 Å². The summed E-state index contributed by atoms with van der Waals surface area (Å²) >= 11 is 0. The molecule has 2 aromatic carbocycles. The zero-order valence-corrected chi connectivity index (χ0v) is 15.3. The third-order valence-corrected chi connectivity index (χ3v) is 3.99. The molecule has 0 saturated carbocycles. The van der Waals surface area contributed by atoms with Crippen molar-refractivity contribution in [2.75, 3.05) is 5.32 Å². The second-order valence-electron chi connectivity index (χ2n) is 6.24. The van der Waals surface area contributed by atoms with Gasteiger partial charge in [0.05, 0.1) is 5.56 Å². The van der Waals surface area contributed by atoms with E-state index in [-0.39, 0.29) is 17.5 Å². The van der Waals surface area contributed by atoms with Crippen LogP contribution in [0.4, 0.5) is 18.9 Å². The van der Waals surface area contributed by atoms with Gasteiger partial charge in [-0.15, -0.1) is 0 Å². The van der Waals surface area contributed by atoms with Crippen LogP contribution in [0.1, 0.15) is 28.6 Å². The molecule has 0 bridgehead atoms. The molecular formula is C22H16F3NO3. The molecule has 1 amide bonds. The van der Waals surface area contributed by atoms with Gasteiger partial charge in [0.2, 0.25) is 5.91 Å². The Morgan fingerprint density at radius 3 is 2.38 bits per heavy atom. The van der Waals surface area contributed by atoms with E-state index in [1.54, 1.807) is 36.4 Å². The molecule has 0 spiro atoms. The smallest absolute Gasteiger partial charge is 0.416 e. The molecule has 0 unspecified atom stereocenters. The van der Waals surface area contributed by atoms with Crippen molar-refractivity contribution >= 4 is 23.5 Å².